The van der Waals surface area contributed by atoms with Gasteiger partial charge in [-0.25, -0.2) is 4.39 Å². The van der Waals surface area contributed by atoms with E-state index >= 15 is 0 Å². The predicted molar refractivity (Wildman–Crippen MR) is 90.5 cm³/mol. The van der Waals surface area contributed by atoms with E-state index in [1.165, 1.54) is 42.5 Å². The van der Waals surface area contributed by atoms with E-state index in [9.17, 15) is 24.1 Å². The number of esters is 1. The van der Waals surface area contributed by atoms with Gasteiger partial charge < -0.3 is 10.1 Å². The Balaban J connectivity index is 1.85. The molecule has 0 spiro atoms. The number of nitrogens with one attached hydrogen (secondary N) is 1. The van der Waals surface area contributed by atoms with Crippen LogP contribution in [0, 0.1) is 15.9 Å². The number of hydrogen-bond donors (Lipinski definition) is 1. The molecule has 0 saturated heterocycles. The largest absolute Gasteiger partial charge is 0.455 e. The third-order valence-electron chi connectivity index (χ3n) is 3.06. The molecule has 0 heterocycles. The van der Waals surface area contributed by atoms with Gasteiger partial charge in [-0.2, -0.15) is 0 Å². The van der Waals surface area contributed by atoms with Crippen molar-refractivity contribution >= 4 is 39.2 Å². The van der Waals surface area contributed by atoms with Gasteiger partial charge in [0.25, 0.3) is 11.6 Å². The summed E-state index contributed by atoms with van der Waals surface area (Å²) < 4.78 is 17.9. The predicted octanol–water partition coefficient (Wildman–Crippen LogP) is 3.22. The summed E-state index contributed by atoms with van der Waals surface area (Å²) in [6, 6.07) is 9.19. The van der Waals surface area contributed by atoms with Crippen LogP contribution in [0.4, 0.5) is 15.8 Å². The highest BCUT2D eigenvalue weighted by Gasteiger charge is 2.13. The number of non-ortho nitro benzene ring substituents is 1. The molecule has 9 heteroatoms. The molecule has 2 rings (SSSR count). The normalized spacial score (nSPS) is 10.2. The number of amides is 1. The standard InChI is InChI=1S/C16H12BrFN2O5/c17-13-8-12(20(23)24)5-6-14(13)19-15(21)9-25-16(22)7-10-1-3-11(18)4-2-10/h1-6,8H,7,9H2,(H,19,21). The number of halogens is 2. The number of carbonyl (C=O) groups is 2. The number of benzene rings is 2. The van der Waals surface area contributed by atoms with Crippen LogP contribution in [0.25, 0.3) is 0 Å². The molecule has 7 nitrogen and oxygen atoms in total. The summed E-state index contributed by atoms with van der Waals surface area (Å²) in [5.41, 5.74) is 0.741. The molecular weight excluding hydrogens is 399 g/mol. The van der Waals surface area contributed by atoms with Gasteiger partial charge >= 0.3 is 5.97 Å². The molecule has 130 valence electrons. The number of nitro groups is 1. The average molecular weight is 411 g/mol. The van der Waals surface area contributed by atoms with E-state index < -0.39 is 29.2 Å². The minimum atomic E-state index is -0.635. The summed E-state index contributed by atoms with van der Waals surface area (Å²) in [7, 11) is 0. The SMILES string of the molecule is O=C(COC(=O)Cc1ccc(F)cc1)Nc1ccc([N+](=O)[O-])cc1Br. The Bertz CT molecular complexity index is 811. The molecule has 0 bridgehead atoms. The molecule has 2 aromatic rings. The molecule has 0 aliphatic carbocycles. The lowest BCUT2D eigenvalue weighted by atomic mass is 10.1. The summed E-state index contributed by atoms with van der Waals surface area (Å²) in [6.45, 7) is -0.510. The lowest BCUT2D eigenvalue weighted by Gasteiger charge is -2.08. The van der Waals surface area contributed by atoms with Crippen LogP contribution in [0.15, 0.2) is 46.9 Å². The number of nitrogens with zero attached hydrogens (tertiary/aromatic N) is 1. The quantitative estimate of drug-likeness (QED) is 0.447. The fourth-order valence-corrected chi connectivity index (χ4v) is 2.34. The van der Waals surface area contributed by atoms with Crippen molar-refractivity contribution in [1.29, 1.82) is 0 Å². The molecule has 0 aliphatic rings. The minimum Gasteiger partial charge on any atom is -0.455 e. The highest BCUT2D eigenvalue weighted by atomic mass is 79.9. The first kappa shape index (κ1) is 18.5. The van der Waals surface area contributed by atoms with Gasteiger partial charge in [0.1, 0.15) is 5.82 Å². The van der Waals surface area contributed by atoms with Crippen LogP contribution < -0.4 is 5.32 Å². The van der Waals surface area contributed by atoms with Gasteiger partial charge in [-0.15, -0.1) is 0 Å². The van der Waals surface area contributed by atoms with Gasteiger partial charge in [-0.1, -0.05) is 12.1 Å². The van der Waals surface area contributed by atoms with E-state index in [-0.39, 0.29) is 12.1 Å². The van der Waals surface area contributed by atoms with E-state index in [2.05, 4.69) is 21.2 Å². The summed E-state index contributed by atoms with van der Waals surface area (Å²) in [6.07, 6.45) is -0.0885. The topological polar surface area (TPSA) is 98.5 Å². The zero-order valence-corrected chi connectivity index (χ0v) is 14.3. The van der Waals surface area contributed by atoms with Crippen molar-refractivity contribution in [3.63, 3.8) is 0 Å². The van der Waals surface area contributed by atoms with Crippen LogP contribution in [0.3, 0.4) is 0 Å². The van der Waals surface area contributed by atoms with Crippen LogP contribution in [-0.4, -0.2) is 23.4 Å². The molecular formula is C16H12BrFN2O5. The van der Waals surface area contributed by atoms with Crippen molar-refractivity contribution in [3.05, 3.63) is 68.4 Å². The van der Waals surface area contributed by atoms with Crippen molar-refractivity contribution in [2.24, 2.45) is 0 Å². The Morgan fingerprint density at radius 1 is 1.20 bits per heavy atom. The fraction of sp³-hybridized carbons (Fsp3) is 0.125. The molecule has 1 N–H and O–H groups in total. The van der Waals surface area contributed by atoms with E-state index in [4.69, 9.17) is 4.74 Å². The molecule has 0 fully saturated rings. The second kappa shape index (κ2) is 8.34. The zero-order valence-electron chi connectivity index (χ0n) is 12.7. The Morgan fingerprint density at radius 2 is 1.88 bits per heavy atom. The van der Waals surface area contributed by atoms with Crippen LogP contribution in [0.2, 0.25) is 0 Å². The summed E-state index contributed by atoms with van der Waals surface area (Å²) in [5.74, 6) is -1.64. The molecule has 0 aliphatic heterocycles. The Kier molecular flexibility index (Phi) is 6.18. The summed E-state index contributed by atoms with van der Waals surface area (Å²) in [4.78, 5) is 33.5. The molecule has 0 atom stereocenters. The van der Waals surface area contributed by atoms with Gasteiger partial charge in [-0.05, 0) is 39.7 Å². The first-order valence-electron chi connectivity index (χ1n) is 6.99. The summed E-state index contributed by atoms with van der Waals surface area (Å²) >= 11 is 3.12. The molecule has 2 aromatic carbocycles. The fourth-order valence-electron chi connectivity index (χ4n) is 1.87. The number of anilines is 1. The third-order valence-corrected chi connectivity index (χ3v) is 3.72. The molecule has 0 aromatic heterocycles. The van der Waals surface area contributed by atoms with Crippen molar-refractivity contribution in [2.45, 2.75) is 6.42 Å². The van der Waals surface area contributed by atoms with Gasteiger partial charge in [0, 0.05) is 16.6 Å². The van der Waals surface area contributed by atoms with Crippen LogP contribution >= 0.6 is 15.9 Å². The third kappa shape index (κ3) is 5.64. The van der Waals surface area contributed by atoms with Gasteiger partial charge in [0.05, 0.1) is 17.0 Å². The second-order valence-electron chi connectivity index (χ2n) is 4.93. The van der Waals surface area contributed by atoms with E-state index in [1.54, 1.807) is 0 Å². The highest BCUT2D eigenvalue weighted by molar-refractivity contribution is 9.10. The van der Waals surface area contributed by atoms with Crippen molar-refractivity contribution in [1.82, 2.24) is 0 Å². The van der Waals surface area contributed by atoms with Crippen LogP contribution in [-0.2, 0) is 20.7 Å². The van der Waals surface area contributed by atoms with E-state index in [0.717, 1.165) is 0 Å². The Hall–Kier alpha value is -2.81. The zero-order chi connectivity index (χ0) is 18.4. The molecule has 0 radical (unpaired) electrons. The van der Waals surface area contributed by atoms with Crippen LogP contribution in [0.1, 0.15) is 5.56 Å². The number of carbonyl (C=O) groups excluding carboxylic acids is 2. The van der Waals surface area contributed by atoms with E-state index in [1.807, 2.05) is 0 Å². The van der Waals surface area contributed by atoms with Gasteiger partial charge in [0.15, 0.2) is 6.61 Å². The number of ether oxygens (including phenoxy) is 1. The van der Waals surface area contributed by atoms with Crippen molar-refractivity contribution in [3.8, 4) is 0 Å². The average Bonchev–Trinajstić information content (AvgIpc) is 2.57. The molecule has 25 heavy (non-hydrogen) atoms. The number of hydrogen-bond acceptors (Lipinski definition) is 5. The number of rotatable bonds is 6. The summed E-state index contributed by atoms with van der Waals surface area (Å²) in [5, 5.41) is 13.1. The molecule has 0 saturated carbocycles. The maximum absolute atomic E-state index is 12.8. The lowest BCUT2D eigenvalue weighted by molar-refractivity contribution is -0.384. The van der Waals surface area contributed by atoms with Crippen molar-refractivity contribution < 1.29 is 23.6 Å². The van der Waals surface area contributed by atoms with Gasteiger partial charge in [-0.3, -0.25) is 19.7 Å². The Morgan fingerprint density at radius 3 is 2.48 bits per heavy atom. The van der Waals surface area contributed by atoms with Crippen molar-refractivity contribution in [2.75, 3.05) is 11.9 Å². The Labute approximate surface area is 150 Å². The van der Waals surface area contributed by atoms with E-state index in [0.29, 0.717) is 15.7 Å². The lowest BCUT2D eigenvalue weighted by Crippen LogP contribution is -2.21. The maximum atomic E-state index is 12.8. The maximum Gasteiger partial charge on any atom is 0.310 e. The van der Waals surface area contributed by atoms with Gasteiger partial charge in [0.2, 0.25) is 0 Å². The minimum absolute atomic E-state index is 0.0885. The molecule has 0 unspecified atom stereocenters. The monoisotopic (exact) mass is 410 g/mol. The second-order valence-corrected chi connectivity index (χ2v) is 5.79. The van der Waals surface area contributed by atoms with Crippen LogP contribution in [0.5, 0.6) is 0 Å². The first-order chi connectivity index (χ1) is 11.8. The smallest absolute Gasteiger partial charge is 0.310 e. The number of nitro benzene ring substituents is 1. The first-order valence-corrected chi connectivity index (χ1v) is 7.78. The molecule has 1 amide bonds. The highest BCUT2D eigenvalue weighted by Crippen LogP contribution is 2.26.